The Balaban J connectivity index is 0.657. The average Bonchev–Trinajstić information content (AvgIpc) is 4.13. The molecule has 2 heterocycles. The van der Waals surface area contributed by atoms with Crippen molar-refractivity contribution in [2.45, 2.75) is 82.8 Å². The number of carbonyl (C=O) groups is 6. The van der Waals surface area contributed by atoms with Gasteiger partial charge in [0.05, 0.1) is 25.7 Å². The lowest BCUT2D eigenvalue weighted by Gasteiger charge is -2.21. The molecule has 0 unspecified atom stereocenters. The van der Waals surface area contributed by atoms with Gasteiger partial charge in [-0.05, 0) is 105 Å². The topological polar surface area (TPSA) is 186 Å². The second kappa shape index (κ2) is 32.0. The van der Waals surface area contributed by atoms with Gasteiger partial charge in [0, 0.05) is 62.0 Å². The molecule has 0 bridgehead atoms. The Kier molecular flexibility index (Phi) is 23.8. The van der Waals surface area contributed by atoms with Crippen LogP contribution in [0.3, 0.4) is 0 Å². The molecule has 16 heteroatoms. The molecule has 2 saturated heterocycles. The molecule has 0 spiro atoms. The highest BCUT2D eigenvalue weighted by atomic mass is 32.2. The number of thioether (sulfide) groups is 2. The van der Waals surface area contributed by atoms with Gasteiger partial charge in [0.1, 0.15) is 26.4 Å². The summed E-state index contributed by atoms with van der Waals surface area (Å²) >= 11 is 3.37. The van der Waals surface area contributed by atoms with Gasteiger partial charge in [-0.1, -0.05) is 146 Å². The average molecular weight is 1160 g/mol. The van der Waals surface area contributed by atoms with Gasteiger partial charge in [-0.25, -0.2) is 0 Å². The van der Waals surface area contributed by atoms with E-state index in [0.29, 0.717) is 55.8 Å². The summed E-state index contributed by atoms with van der Waals surface area (Å²) in [6.45, 7) is 2.35. The Labute approximate surface area is 495 Å². The molecule has 2 fully saturated rings. The minimum absolute atomic E-state index is 0.0745. The van der Waals surface area contributed by atoms with E-state index in [0.717, 1.165) is 103 Å². The first-order valence-electron chi connectivity index (χ1n) is 28.5. The predicted octanol–water partition coefficient (Wildman–Crippen LogP) is 8.48. The first kappa shape index (κ1) is 61.8. The van der Waals surface area contributed by atoms with E-state index in [4.69, 9.17) is 18.9 Å². The van der Waals surface area contributed by atoms with Crippen molar-refractivity contribution in [1.82, 2.24) is 9.80 Å². The Morgan fingerprint density at radius 1 is 0.373 bits per heavy atom. The lowest BCUT2D eigenvalue weighted by molar-refractivity contribution is -0.225. The number of hydrogen-bond acceptors (Lipinski definition) is 14. The van der Waals surface area contributed by atoms with Crippen LogP contribution in [0.2, 0.25) is 0 Å². The molecule has 8 rings (SSSR count). The molecule has 2 N–H and O–H groups in total. The standard InChI is InChI=1S/C67H74N2O12S2/c70-61-3-1-29-68(61)31-35-82-37-33-78-63(72)43-57-21-13-53(14-22-57)40-51-9-5-49(6-10-51)39-50-7-11-52(12-8-50)41-55-17-25-59(26-18-55)45-65(74)80-47-67(76,77)48-81-66(75)46-60-27-19-56(20-28-60)42-54-15-23-58(24-16-54)44-64(73)79-34-38-83-36-32-69-30-2-4-62(69)71/h5-28,76-77H,1-4,29-48H2. The Morgan fingerprint density at radius 3 is 0.855 bits per heavy atom. The van der Waals surface area contributed by atoms with Crippen molar-refractivity contribution in [3.63, 3.8) is 0 Å². The fourth-order valence-corrected chi connectivity index (χ4v) is 11.3. The predicted molar refractivity (Wildman–Crippen MR) is 322 cm³/mol. The van der Waals surface area contributed by atoms with Crippen molar-refractivity contribution in [1.29, 1.82) is 0 Å². The van der Waals surface area contributed by atoms with E-state index in [1.807, 2.05) is 94.7 Å². The largest absolute Gasteiger partial charge is 0.465 e. The summed E-state index contributed by atoms with van der Waals surface area (Å²) < 4.78 is 21.1. The number of rotatable bonds is 32. The number of benzene rings is 6. The summed E-state index contributed by atoms with van der Waals surface area (Å²) in [5.74, 6) is -0.845. The maximum absolute atomic E-state index is 12.7. The third kappa shape index (κ3) is 21.8. The molecule has 0 aromatic heterocycles. The second-order valence-corrected chi connectivity index (χ2v) is 23.7. The molecule has 436 valence electrons. The van der Waals surface area contributed by atoms with Crippen LogP contribution >= 0.6 is 23.5 Å². The summed E-state index contributed by atoms with van der Waals surface area (Å²) in [4.78, 5) is 77.3. The van der Waals surface area contributed by atoms with E-state index in [1.165, 1.54) is 22.3 Å². The number of hydrogen-bond donors (Lipinski definition) is 2. The van der Waals surface area contributed by atoms with Crippen molar-refractivity contribution in [2.24, 2.45) is 0 Å². The van der Waals surface area contributed by atoms with Gasteiger partial charge in [-0.15, -0.1) is 0 Å². The monoisotopic (exact) mass is 1160 g/mol. The van der Waals surface area contributed by atoms with Crippen LogP contribution in [-0.2, 0) is 99.1 Å². The number of likely N-dealkylation sites (tertiary alicyclic amines) is 2. The van der Waals surface area contributed by atoms with Crippen LogP contribution in [-0.4, -0.2) is 137 Å². The summed E-state index contributed by atoms with van der Waals surface area (Å²) in [6.07, 6.45) is 6.39. The third-order valence-corrected chi connectivity index (χ3v) is 16.3. The van der Waals surface area contributed by atoms with E-state index in [2.05, 4.69) is 60.7 Å². The summed E-state index contributed by atoms with van der Waals surface area (Å²) in [5, 5.41) is 20.8. The minimum atomic E-state index is -2.57. The van der Waals surface area contributed by atoms with Gasteiger partial charge in [0.2, 0.25) is 17.6 Å². The molecule has 6 aromatic carbocycles. The van der Waals surface area contributed by atoms with Crippen LogP contribution in [0.4, 0.5) is 0 Å². The smallest absolute Gasteiger partial charge is 0.310 e. The summed E-state index contributed by atoms with van der Waals surface area (Å²) in [5.41, 5.74) is 12.3. The highest BCUT2D eigenvalue weighted by Crippen LogP contribution is 2.20. The minimum Gasteiger partial charge on any atom is -0.465 e. The first-order valence-corrected chi connectivity index (χ1v) is 30.8. The zero-order valence-corrected chi connectivity index (χ0v) is 48.6. The lowest BCUT2D eigenvalue weighted by atomic mass is 9.98. The fourth-order valence-electron chi connectivity index (χ4n) is 9.76. The van der Waals surface area contributed by atoms with Crippen LogP contribution in [0, 0.1) is 0 Å². The van der Waals surface area contributed by atoms with Crippen LogP contribution in [0.25, 0.3) is 0 Å². The number of amides is 2. The zero-order chi connectivity index (χ0) is 58.2. The molecule has 0 saturated carbocycles. The van der Waals surface area contributed by atoms with Crippen molar-refractivity contribution < 1.29 is 57.9 Å². The Bertz CT molecular complexity index is 3060. The quantitative estimate of drug-likeness (QED) is 0.0177. The summed E-state index contributed by atoms with van der Waals surface area (Å²) in [7, 11) is 0. The van der Waals surface area contributed by atoms with Crippen molar-refractivity contribution >= 4 is 59.2 Å². The highest BCUT2D eigenvalue weighted by Gasteiger charge is 2.28. The van der Waals surface area contributed by atoms with Crippen molar-refractivity contribution in [3.8, 4) is 0 Å². The van der Waals surface area contributed by atoms with Crippen LogP contribution in [0.15, 0.2) is 146 Å². The Morgan fingerprint density at radius 2 is 0.614 bits per heavy atom. The first-order chi connectivity index (χ1) is 40.3. The zero-order valence-electron chi connectivity index (χ0n) is 47.0. The second-order valence-electron chi connectivity index (χ2n) is 21.3. The van der Waals surface area contributed by atoms with Crippen LogP contribution < -0.4 is 0 Å². The van der Waals surface area contributed by atoms with Crippen molar-refractivity contribution in [2.75, 3.05) is 75.6 Å². The number of esters is 4. The number of carbonyl (C=O) groups excluding carboxylic acids is 6. The molecule has 0 aliphatic carbocycles. The number of nitrogens with zero attached hydrogens (tertiary/aromatic N) is 2. The molecule has 2 aliphatic rings. The molecule has 0 radical (unpaired) electrons. The third-order valence-electron chi connectivity index (χ3n) is 14.4. The van der Waals surface area contributed by atoms with E-state index < -0.39 is 30.9 Å². The van der Waals surface area contributed by atoms with E-state index >= 15 is 0 Å². The van der Waals surface area contributed by atoms with Crippen LogP contribution in [0.5, 0.6) is 0 Å². The summed E-state index contributed by atoms with van der Waals surface area (Å²) in [6, 6.07) is 48.1. The maximum atomic E-state index is 12.7. The Hall–Kier alpha value is -7.24. The number of ether oxygens (including phenoxy) is 4. The van der Waals surface area contributed by atoms with E-state index in [9.17, 15) is 39.0 Å². The highest BCUT2D eigenvalue weighted by molar-refractivity contribution is 7.99. The molecule has 83 heavy (non-hydrogen) atoms. The maximum Gasteiger partial charge on any atom is 0.310 e. The fraction of sp³-hybridized carbons (Fsp3) is 0.373. The number of aliphatic hydroxyl groups is 2. The molecule has 2 aliphatic heterocycles. The van der Waals surface area contributed by atoms with Gasteiger partial charge < -0.3 is 39.0 Å². The molecular weight excluding hydrogens is 1090 g/mol. The van der Waals surface area contributed by atoms with Gasteiger partial charge in [0.25, 0.3) is 0 Å². The van der Waals surface area contributed by atoms with Crippen molar-refractivity contribution in [3.05, 3.63) is 212 Å². The molecular formula is C67H74N2O12S2. The van der Waals surface area contributed by atoms with E-state index in [1.54, 1.807) is 23.5 Å². The SMILES string of the molecule is O=C(Cc1ccc(Cc2ccc(CC(=O)OCC(O)(O)COC(=O)Cc3ccc(Cc4ccc(Cc5ccc(Cc6ccc(CC(=O)OCCSCCN7CCCC7=O)cc6)cc5)cc4)cc3)cc2)cc1)OCCSCCN1CCCC1=O. The molecule has 0 atom stereocenters. The van der Waals surface area contributed by atoms with Crippen LogP contribution in [0.1, 0.15) is 92.4 Å². The van der Waals surface area contributed by atoms with Gasteiger partial charge in [-0.3, -0.25) is 28.8 Å². The van der Waals surface area contributed by atoms with E-state index in [-0.39, 0.29) is 49.4 Å². The van der Waals surface area contributed by atoms with Gasteiger partial charge in [-0.2, -0.15) is 23.5 Å². The lowest BCUT2D eigenvalue weighted by Crippen LogP contribution is -2.41. The molecule has 14 nitrogen and oxygen atoms in total. The van der Waals surface area contributed by atoms with Gasteiger partial charge >= 0.3 is 23.9 Å². The molecule has 6 aromatic rings. The normalized spacial score (nSPS) is 13.3. The van der Waals surface area contributed by atoms with Gasteiger partial charge in [0.15, 0.2) is 0 Å². The molecule has 2 amide bonds.